The van der Waals surface area contributed by atoms with E-state index in [1.54, 1.807) is 13.2 Å². The molecule has 92 valence electrons. The number of hydrogen-bond acceptors (Lipinski definition) is 4. The Morgan fingerprint density at radius 1 is 1.41 bits per heavy atom. The smallest absolute Gasteiger partial charge is 0.496 e. The van der Waals surface area contributed by atoms with Gasteiger partial charge >= 0.3 is 6.16 Å². The molecule has 0 saturated heterocycles. The molecule has 0 saturated carbocycles. The van der Waals surface area contributed by atoms with Crippen molar-refractivity contribution in [3.05, 3.63) is 34.3 Å². The van der Waals surface area contributed by atoms with Crippen LogP contribution in [0.1, 0.15) is 5.56 Å². The topological polar surface area (TPSA) is 44.8 Å². The summed E-state index contributed by atoms with van der Waals surface area (Å²) in [4.78, 5) is 10.7. The molecular weight excluding hydrogens is 288 g/mol. The minimum Gasteiger partial charge on any atom is -0.496 e. The fourth-order valence-electron chi connectivity index (χ4n) is 1.15. The van der Waals surface area contributed by atoms with Crippen LogP contribution in [0.15, 0.2) is 28.7 Å². The fraction of sp³-hybridized carbons (Fsp3) is 0.250. The third kappa shape index (κ3) is 4.48. The van der Waals surface area contributed by atoms with Crippen LogP contribution in [-0.2, 0) is 9.47 Å². The first-order chi connectivity index (χ1) is 8.17. The molecule has 0 spiro atoms. The molecule has 17 heavy (non-hydrogen) atoms. The summed E-state index contributed by atoms with van der Waals surface area (Å²) in [6.45, 7) is 0.177. The van der Waals surface area contributed by atoms with Crippen molar-refractivity contribution < 1.29 is 19.0 Å². The molecule has 1 aromatic rings. The average Bonchev–Trinajstić information content (AvgIpc) is 2.34. The zero-order valence-corrected chi connectivity index (χ0v) is 11.2. The van der Waals surface area contributed by atoms with Gasteiger partial charge in [-0.05, 0) is 39.7 Å². The number of rotatable bonds is 4. The van der Waals surface area contributed by atoms with Gasteiger partial charge in [0.05, 0.1) is 18.7 Å². The summed E-state index contributed by atoms with van der Waals surface area (Å²) < 4.78 is 15.0. The Morgan fingerprint density at radius 2 is 2.18 bits per heavy atom. The highest BCUT2D eigenvalue weighted by molar-refractivity contribution is 9.10. The van der Waals surface area contributed by atoms with Crippen LogP contribution in [-0.4, -0.2) is 27.0 Å². The highest BCUT2D eigenvalue weighted by atomic mass is 79.9. The van der Waals surface area contributed by atoms with Crippen LogP contribution < -0.4 is 4.74 Å². The van der Waals surface area contributed by atoms with Crippen LogP contribution in [0.2, 0.25) is 0 Å². The highest BCUT2D eigenvalue weighted by Crippen LogP contribution is 2.25. The molecule has 0 unspecified atom stereocenters. The standard InChI is InChI=1S/C12H13BrO4/c1-15-11-6-5-9(8-10(11)13)4-3-7-17-12(14)16-2/h3-6,8H,7H2,1-2H3/b4-3+. The van der Waals surface area contributed by atoms with Gasteiger partial charge in [-0.15, -0.1) is 0 Å². The van der Waals surface area contributed by atoms with Gasteiger partial charge in [-0.3, -0.25) is 0 Å². The van der Waals surface area contributed by atoms with Gasteiger partial charge < -0.3 is 14.2 Å². The lowest BCUT2D eigenvalue weighted by Gasteiger charge is -2.03. The van der Waals surface area contributed by atoms with Crippen molar-refractivity contribution >= 4 is 28.2 Å². The van der Waals surface area contributed by atoms with E-state index in [0.717, 1.165) is 15.8 Å². The van der Waals surface area contributed by atoms with Crippen molar-refractivity contribution in [2.24, 2.45) is 0 Å². The lowest BCUT2D eigenvalue weighted by atomic mass is 10.2. The van der Waals surface area contributed by atoms with Crippen molar-refractivity contribution in [3.63, 3.8) is 0 Å². The van der Waals surface area contributed by atoms with E-state index in [9.17, 15) is 4.79 Å². The number of hydrogen-bond donors (Lipinski definition) is 0. The second-order valence-corrected chi connectivity index (χ2v) is 3.92. The summed E-state index contributed by atoms with van der Waals surface area (Å²) in [6.07, 6.45) is 2.88. The summed E-state index contributed by atoms with van der Waals surface area (Å²) >= 11 is 3.39. The third-order valence-corrected chi connectivity index (χ3v) is 2.57. The molecule has 0 fully saturated rings. The zero-order valence-electron chi connectivity index (χ0n) is 9.60. The van der Waals surface area contributed by atoms with Crippen molar-refractivity contribution in [1.29, 1.82) is 0 Å². The summed E-state index contributed by atoms with van der Waals surface area (Å²) in [6, 6.07) is 5.66. The summed E-state index contributed by atoms with van der Waals surface area (Å²) in [5.74, 6) is 0.771. The molecule has 0 aliphatic carbocycles. The Kier molecular flexibility index (Phi) is 5.56. The molecule has 0 N–H and O–H groups in total. The third-order valence-electron chi connectivity index (χ3n) is 1.95. The lowest BCUT2D eigenvalue weighted by Crippen LogP contribution is -2.03. The number of methoxy groups -OCH3 is 2. The van der Waals surface area contributed by atoms with Crippen LogP contribution in [0.3, 0.4) is 0 Å². The minimum absolute atomic E-state index is 0.177. The molecule has 0 heterocycles. The van der Waals surface area contributed by atoms with E-state index < -0.39 is 6.16 Å². The van der Waals surface area contributed by atoms with E-state index in [0.29, 0.717) is 0 Å². The van der Waals surface area contributed by atoms with Crippen LogP contribution in [0, 0.1) is 0 Å². The van der Waals surface area contributed by atoms with E-state index in [-0.39, 0.29) is 6.61 Å². The maximum atomic E-state index is 10.7. The molecule has 0 aliphatic rings. The predicted molar refractivity (Wildman–Crippen MR) is 68.1 cm³/mol. The van der Waals surface area contributed by atoms with Crippen molar-refractivity contribution in [3.8, 4) is 5.75 Å². The second-order valence-electron chi connectivity index (χ2n) is 3.06. The van der Waals surface area contributed by atoms with Gasteiger partial charge in [0.1, 0.15) is 12.4 Å². The van der Waals surface area contributed by atoms with Gasteiger partial charge in [0.25, 0.3) is 0 Å². The van der Waals surface area contributed by atoms with Gasteiger partial charge in [-0.2, -0.15) is 0 Å². The largest absolute Gasteiger partial charge is 0.508 e. The predicted octanol–water partition coefficient (Wildman–Crippen LogP) is 3.25. The maximum Gasteiger partial charge on any atom is 0.508 e. The summed E-state index contributed by atoms with van der Waals surface area (Å²) in [7, 11) is 2.88. The van der Waals surface area contributed by atoms with Gasteiger partial charge in [0.15, 0.2) is 0 Å². The number of benzene rings is 1. The quantitative estimate of drug-likeness (QED) is 0.801. The number of ether oxygens (including phenoxy) is 3. The Morgan fingerprint density at radius 3 is 2.76 bits per heavy atom. The monoisotopic (exact) mass is 300 g/mol. The van der Waals surface area contributed by atoms with E-state index in [1.807, 2.05) is 24.3 Å². The second kappa shape index (κ2) is 6.96. The van der Waals surface area contributed by atoms with Crippen molar-refractivity contribution in [1.82, 2.24) is 0 Å². The van der Waals surface area contributed by atoms with Crippen LogP contribution in [0.4, 0.5) is 4.79 Å². The van der Waals surface area contributed by atoms with Gasteiger partial charge in [0, 0.05) is 0 Å². The van der Waals surface area contributed by atoms with Crippen LogP contribution >= 0.6 is 15.9 Å². The first kappa shape index (κ1) is 13.6. The molecule has 0 aromatic heterocycles. The minimum atomic E-state index is -0.689. The first-order valence-electron chi connectivity index (χ1n) is 4.88. The van der Waals surface area contributed by atoms with E-state index >= 15 is 0 Å². The maximum absolute atomic E-state index is 10.7. The van der Waals surface area contributed by atoms with E-state index in [4.69, 9.17) is 9.47 Å². The average molecular weight is 301 g/mol. The molecule has 0 bridgehead atoms. The summed E-state index contributed by atoms with van der Waals surface area (Å²) in [5.41, 5.74) is 0.978. The van der Waals surface area contributed by atoms with Gasteiger partial charge in [0.2, 0.25) is 0 Å². The number of halogens is 1. The molecule has 4 nitrogen and oxygen atoms in total. The highest BCUT2D eigenvalue weighted by Gasteiger charge is 1.99. The Bertz CT molecular complexity index is 415. The van der Waals surface area contributed by atoms with Crippen LogP contribution in [0.25, 0.3) is 6.08 Å². The summed E-state index contributed by atoms with van der Waals surface area (Å²) in [5, 5.41) is 0. The Hall–Kier alpha value is -1.49. The van der Waals surface area contributed by atoms with Crippen molar-refractivity contribution in [2.45, 2.75) is 0 Å². The van der Waals surface area contributed by atoms with Gasteiger partial charge in [-0.25, -0.2) is 4.79 Å². The molecule has 1 rings (SSSR count). The SMILES string of the molecule is COC(=O)OC/C=C/c1ccc(OC)c(Br)c1. The normalized spacial score (nSPS) is 10.3. The van der Waals surface area contributed by atoms with Gasteiger partial charge in [-0.1, -0.05) is 12.1 Å². The van der Waals surface area contributed by atoms with Crippen molar-refractivity contribution in [2.75, 3.05) is 20.8 Å². The first-order valence-corrected chi connectivity index (χ1v) is 5.67. The Balaban J connectivity index is 2.54. The van der Waals surface area contributed by atoms with E-state index in [1.165, 1.54) is 7.11 Å². The zero-order chi connectivity index (χ0) is 12.7. The van der Waals surface area contributed by atoms with Crippen LogP contribution in [0.5, 0.6) is 5.75 Å². The van der Waals surface area contributed by atoms with E-state index in [2.05, 4.69) is 20.7 Å². The molecule has 5 heteroatoms. The molecule has 1 aromatic carbocycles. The number of carbonyl (C=O) groups is 1. The molecule has 0 radical (unpaired) electrons. The molecule has 0 aliphatic heterocycles. The Labute approximate surface area is 108 Å². The fourth-order valence-corrected chi connectivity index (χ4v) is 1.70. The molecular formula is C12H13BrO4. The number of carbonyl (C=O) groups excluding carboxylic acids is 1. The molecule has 0 atom stereocenters. The lowest BCUT2D eigenvalue weighted by molar-refractivity contribution is 0.0819. The molecule has 0 amide bonds.